The number of nitrogens with one attached hydrogen (secondary N) is 1. The quantitative estimate of drug-likeness (QED) is 0.788. The van der Waals surface area contributed by atoms with Gasteiger partial charge in [0.1, 0.15) is 0 Å². The molecule has 20 heavy (non-hydrogen) atoms. The van der Waals surface area contributed by atoms with E-state index in [1.807, 2.05) is 38.6 Å². The summed E-state index contributed by atoms with van der Waals surface area (Å²) < 4.78 is 5.89. The van der Waals surface area contributed by atoms with Crippen LogP contribution in [0.5, 0.6) is 5.88 Å². The minimum absolute atomic E-state index is 0.119. The van der Waals surface area contributed by atoms with Crippen LogP contribution in [-0.2, 0) is 0 Å². The molecule has 0 radical (unpaired) electrons. The summed E-state index contributed by atoms with van der Waals surface area (Å²) in [6.07, 6.45) is 4.53. The second-order valence-electron chi connectivity index (χ2n) is 5.29. The largest absolute Gasteiger partial charge is 0.475 e. The number of nitrogens with zero attached hydrogens (tertiary/aromatic N) is 2. The highest BCUT2D eigenvalue weighted by molar-refractivity contribution is 8.00. The van der Waals surface area contributed by atoms with Crippen molar-refractivity contribution in [2.75, 3.05) is 18.1 Å². The van der Waals surface area contributed by atoms with Crippen LogP contribution in [0, 0.1) is 6.92 Å². The number of hydrogen-bond acceptors (Lipinski definition) is 5. The first-order valence-electron chi connectivity index (χ1n) is 7.26. The monoisotopic (exact) mass is 297 g/mol. The Bertz CT molecular complexity index is 411. The highest BCUT2D eigenvalue weighted by Gasteiger charge is 2.24. The van der Waals surface area contributed by atoms with Crippen molar-refractivity contribution in [2.24, 2.45) is 0 Å². The molecule has 0 aliphatic heterocycles. The van der Waals surface area contributed by atoms with E-state index in [2.05, 4.69) is 35.4 Å². The van der Waals surface area contributed by atoms with Gasteiger partial charge in [-0.2, -0.15) is 16.7 Å². The van der Waals surface area contributed by atoms with Crippen molar-refractivity contribution in [2.45, 2.75) is 58.3 Å². The summed E-state index contributed by atoms with van der Waals surface area (Å²) in [7, 11) is 0. The molecule has 0 fully saturated rings. The van der Waals surface area contributed by atoms with Crippen molar-refractivity contribution >= 4 is 17.7 Å². The van der Waals surface area contributed by atoms with Crippen LogP contribution in [0.1, 0.15) is 46.2 Å². The Morgan fingerprint density at radius 1 is 1.30 bits per heavy atom. The first-order chi connectivity index (χ1) is 9.44. The molecule has 1 heterocycles. The number of rotatable bonds is 8. The van der Waals surface area contributed by atoms with Gasteiger partial charge in [0.05, 0.1) is 6.10 Å². The van der Waals surface area contributed by atoms with Crippen molar-refractivity contribution in [3.63, 3.8) is 0 Å². The third-order valence-corrected chi connectivity index (χ3v) is 5.07. The molecule has 1 N–H and O–H groups in total. The van der Waals surface area contributed by atoms with Gasteiger partial charge in [-0.25, -0.2) is 4.98 Å². The molecule has 0 amide bonds. The Morgan fingerprint density at radius 2 is 1.95 bits per heavy atom. The van der Waals surface area contributed by atoms with E-state index in [1.165, 1.54) is 0 Å². The van der Waals surface area contributed by atoms with Crippen molar-refractivity contribution in [1.82, 2.24) is 9.97 Å². The van der Waals surface area contributed by atoms with E-state index >= 15 is 0 Å². The molecule has 1 aromatic heterocycles. The van der Waals surface area contributed by atoms with E-state index in [4.69, 9.17) is 4.74 Å². The maximum Gasteiger partial charge on any atom is 0.226 e. The van der Waals surface area contributed by atoms with Crippen LogP contribution in [-0.4, -0.2) is 33.6 Å². The molecule has 0 saturated heterocycles. The smallest absolute Gasteiger partial charge is 0.226 e. The maximum absolute atomic E-state index is 5.65. The third kappa shape index (κ3) is 4.85. The third-order valence-electron chi connectivity index (χ3n) is 3.48. The van der Waals surface area contributed by atoms with Gasteiger partial charge in [-0.15, -0.1) is 0 Å². The fourth-order valence-corrected chi connectivity index (χ4v) is 2.82. The molecule has 5 heteroatoms. The van der Waals surface area contributed by atoms with Gasteiger partial charge >= 0.3 is 0 Å². The Hall–Kier alpha value is -0.970. The molecule has 1 rings (SSSR count). The SMILES string of the molecule is CCC(CC)(CNc1nc(C)cc(OC(C)C)n1)SC. The Balaban J connectivity index is 2.79. The summed E-state index contributed by atoms with van der Waals surface area (Å²) in [6, 6.07) is 1.87. The van der Waals surface area contributed by atoms with E-state index in [1.54, 1.807) is 0 Å². The number of anilines is 1. The first-order valence-corrected chi connectivity index (χ1v) is 8.48. The lowest BCUT2D eigenvalue weighted by Gasteiger charge is -2.29. The van der Waals surface area contributed by atoms with Crippen molar-refractivity contribution < 1.29 is 4.74 Å². The fraction of sp³-hybridized carbons (Fsp3) is 0.733. The van der Waals surface area contributed by atoms with Gasteiger partial charge in [0.2, 0.25) is 11.8 Å². The van der Waals surface area contributed by atoms with Crippen LogP contribution >= 0.6 is 11.8 Å². The summed E-state index contributed by atoms with van der Waals surface area (Å²) in [6.45, 7) is 11.3. The number of hydrogen-bond donors (Lipinski definition) is 1. The molecular weight excluding hydrogens is 270 g/mol. The maximum atomic E-state index is 5.65. The van der Waals surface area contributed by atoms with Gasteiger partial charge < -0.3 is 10.1 Å². The van der Waals surface area contributed by atoms with Crippen LogP contribution < -0.4 is 10.1 Å². The molecule has 0 atom stereocenters. The topological polar surface area (TPSA) is 47.0 Å². The van der Waals surface area contributed by atoms with Gasteiger partial charge in [-0.3, -0.25) is 0 Å². The fourth-order valence-electron chi connectivity index (χ4n) is 2.02. The van der Waals surface area contributed by atoms with Crippen molar-refractivity contribution in [3.05, 3.63) is 11.8 Å². The molecule has 0 aliphatic carbocycles. The van der Waals surface area contributed by atoms with E-state index in [0.717, 1.165) is 25.1 Å². The van der Waals surface area contributed by atoms with Crippen LogP contribution in [0.15, 0.2) is 6.07 Å². The van der Waals surface area contributed by atoms with Crippen molar-refractivity contribution in [1.29, 1.82) is 0 Å². The van der Waals surface area contributed by atoms with Crippen molar-refractivity contribution in [3.8, 4) is 5.88 Å². The number of aryl methyl sites for hydroxylation is 1. The summed E-state index contributed by atoms with van der Waals surface area (Å²) in [5, 5.41) is 3.37. The minimum Gasteiger partial charge on any atom is -0.475 e. The van der Waals surface area contributed by atoms with E-state index in [0.29, 0.717) is 11.8 Å². The standard InChI is InChI=1S/C15H27N3OS/c1-7-15(8-2,20-6)10-16-14-17-12(5)9-13(18-14)19-11(3)4/h9,11H,7-8,10H2,1-6H3,(H,16,17,18). The molecule has 0 spiro atoms. The average molecular weight is 297 g/mol. The second kappa shape index (κ2) is 7.72. The zero-order chi connectivity index (χ0) is 15.2. The normalized spacial score (nSPS) is 11.8. The average Bonchev–Trinajstić information content (AvgIpc) is 2.39. The van der Waals surface area contributed by atoms with Gasteiger partial charge in [0.25, 0.3) is 0 Å². The van der Waals surface area contributed by atoms with E-state index in [-0.39, 0.29) is 10.9 Å². The molecule has 0 bridgehead atoms. The summed E-state index contributed by atoms with van der Waals surface area (Å²) in [4.78, 5) is 8.86. The number of aromatic nitrogens is 2. The molecule has 0 saturated carbocycles. The lowest BCUT2D eigenvalue weighted by Crippen LogP contribution is -2.32. The van der Waals surface area contributed by atoms with E-state index in [9.17, 15) is 0 Å². The van der Waals surface area contributed by atoms with Crippen LogP contribution in [0.3, 0.4) is 0 Å². The van der Waals surface area contributed by atoms with Crippen LogP contribution in [0.25, 0.3) is 0 Å². The second-order valence-corrected chi connectivity index (χ2v) is 6.56. The molecule has 1 aromatic rings. The zero-order valence-corrected chi connectivity index (χ0v) is 14.3. The highest BCUT2D eigenvalue weighted by Crippen LogP contribution is 2.30. The lowest BCUT2D eigenvalue weighted by atomic mass is 10.0. The minimum atomic E-state index is 0.119. The molecule has 114 valence electrons. The zero-order valence-electron chi connectivity index (χ0n) is 13.5. The van der Waals surface area contributed by atoms with E-state index < -0.39 is 0 Å². The first kappa shape index (κ1) is 17.1. The Labute approximate surface area is 127 Å². The summed E-state index contributed by atoms with van der Waals surface area (Å²) >= 11 is 1.91. The van der Waals surface area contributed by atoms with Gasteiger partial charge in [-0.05, 0) is 39.9 Å². The predicted molar refractivity (Wildman–Crippen MR) is 87.9 cm³/mol. The highest BCUT2D eigenvalue weighted by atomic mass is 32.2. The number of ether oxygens (including phenoxy) is 1. The number of thioether (sulfide) groups is 1. The molecule has 0 unspecified atom stereocenters. The summed E-state index contributed by atoms with van der Waals surface area (Å²) in [5.74, 6) is 1.29. The Morgan fingerprint density at radius 3 is 2.45 bits per heavy atom. The molecule has 0 aromatic carbocycles. The predicted octanol–water partition coefficient (Wildman–Crippen LogP) is 3.91. The van der Waals surface area contributed by atoms with Crippen LogP contribution in [0.2, 0.25) is 0 Å². The summed E-state index contributed by atoms with van der Waals surface area (Å²) in [5.41, 5.74) is 0.917. The van der Waals surface area contributed by atoms with Gasteiger partial charge in [-0.1, -0.05) is 13.8 Å². The molecule has 4 nitrogen and oxygen atoms in total. The van der Waals surface area contributed by atoms with Gasteiger partial charge in [0, 0.05) is 23.1 Å². The van der Waals surface area contributed by atoms with Gasteiger partial charge in [0.15, 0.2) is 0 Å². The lowest BCUT2D eigenvalue weighted by molar-refractivity contribution is 0.232. The van der Waals surface area contributed by atoms with Crippen LogP contribution in [0.4, 0.5) is 5.95 Å². The molecule has 0 aliphatic rings. The Kier molecular flexibility index (Phi) is 6.59. The molecular formula is C15H27N3OS.